The molecule has 1 aromatic carbocycles. The van der Waals surface area contributed by atoms with Crippen LogP contribution in [-0.4, -0.2) is 20.7 Å². The minimum absolute atomic E-state index is 0.297. The Morgan fingerprint density at radius 3 is 2.82 bits per heavy atom. The first-order valence-electron chi connectivity index (χ1n) is 5.80. The molecule has 0 saturated heterocycles. The van der Waals surface area contributed by atoms with Crippen LogP contribution in [0.25, 0.3) is 0 Å². The van der Waals surface area contributed by atoms with E-state index in [1.54, 1.807) is 6.07 Å². The van der Waals surface area contributed by atoms with E-state index in [-0.39, 0.29) is 5.82 Å². The van der Waals surface area contributed by atoms with Gasteiger partial charge in [-0.05, 0) is 51.1 Å². The number of rotatable bonds is 6. The van der Waals surface area contributed by atoms with Gasteiger partial charge in [0, 0.05) is 0 Å². The van der Waals surface area contributed by atoms with Gasteiger partial charge in [0.1, 0.15) is 0 Å². The van der Waals surface area contributed by atoms with E-state index >= 15 is 0 Å². The highest BCUT2D eigenvalue weighted by molar-refractivity contribution is 5.31. The molecule has 0 unspecified atom stereocenters. The quantitative estimate of drug-likeness (QED) is 0.606. The van der Waals surface area contributed by atoms with Gasteiger partial charge < -0.3 is 10.1 Å². The Bertz CT molecular complexity index is 388. The Morgan fingerprint density at radius 2 is 2.24 bits per heavy atom. The van der Waals surface area contributed by atoms with Gasteiger partial charge in [0.15, 0.2) is 11.6 Å². The van der Waals surface area contributed by atoms with E-state index in [2.05, 4.69) is 18.3 Å². The van der Waals surface area contributed by atoms with Crippen LogP contribution in [0.1, 0.15) is 18.9 Å². The Balaban J connectivity index is 2.62. The number of hydrogen-bond acceptors (Lipinski definition) is 2. The largest absolute Gasteiger partial charge is 0.494 e. The van der Waals surface area contributed by atoms with Crippen molar-refractivity contribution in [2.75, 3.05) is 20.7 Å². The lowest BCUT2D eigenvalue weighted by Gasteiger charge is -2.06. The van der Waals surface area contributed by atoms with Crippen LogP contribution in [0.4, 0.5) is 4.39 Å². The Kier molecular flexibility index (Phi) is 5.70. The highest BCUT2D eigenvalue weighted by Gasteiger charge is 2.03. The number of hydrogen-bond donors (Lipinski definition) is 1. The average Bonchev–Trinajstić information content (AvgIpc) is 2.29. The first-order valence-corrected chi connectivity index (χ1v) is 5.80. The molecule has 17 heavy (non-hydrogen) atoms. The van der Waals surface area contributed by atoms with Crippen molar-refractivity contribution in [3.05, 3.63) is 41.2 Å². The van der Waals surface area contributed by atoms with Crippen LogP contribution >= 0.6 is 0 Å². The minimum Gasteiger partial charge on any atom is -0.494 e. The maximum atomic E-state index is 13.5. The van der Waals surface area contributed by atoms with E-state index in [9.17, 15) is 4.39 Å². The summed E-state index contributed by atoms with van der Waals surface area (Å²) >= 11 is 0. The van der Waals surface area contributed by atoms with E-state index in [1.165, 1.54) is 18.7 Å². The zero-order valence-electron chi connectivity index (χ0n) is 10.7. The van der Waals surface area contributed by atoms with Crippen LogP contribution in [0.3, 0.4) is 0 Å². The first-order chi connectivity index (χ1) is 8.17. The van der Waals surface area contributed by atoms with Crippen molar-refractivity contribution in [3.63, 3.8) is 0 Å². The van der Waals surface area contributed by atoms with Crippen molar-refractivity contribution < 1.29 is 9.13 Å². The smallest absolute Gasteiger partial charge is 0.165 e. The predicted molar refractivity (Wildman–Crippen MR) is 69.0 cm³/mol. The Labute approximate surface area is 102 Å². The van der Waals surface area contributed by atoms with Gasteiger partial charge in [-0.3, -0.25) is 0 Å². The first kappa shape index (κ1) is 13.7. The summed E-state index contributed by atoms with van der Waals surface area (Å²) in [5.41, 5.74) is 2.23. The van der Waals surface area contributed by atoms with Crippen LogP contribution in [0.2, 0.25) is 0 Å². The van der Waals surface area contributed by atoms with E-state index in [0.717, 1.165) is 24.9 Å². The van der Waals surface area contributed by atoms with Crippen molar-refractivity contribution in [2.45, 2.75) is 19.8 Å². The summed E-state index contributed by atoms with van der Waals surface area (Å²) < 4.78 is 18.3. The van der Waals surface area contributed by atoms with Gasteiger partial charge in [-0.2, -0.15) is 0 Å². The topological polar surface area (TPSA) is 21.3 Å². The molecule has 0 atom stereocenters. The molecule has 0 radical (unpaired) electrons. The second-order valence-corrected chi connectivity index (χ2v) is 4.09. The summed E-state index contributed by atoms with van der Waals surface area (Å²) in [5, 5.41) is 3.09. The van der Waals surface area contributed by atoms with E-state index in [1.807, 2.05) is 13.1 Å². The normalized spacial score (nSPS) is 11.6. The van der Waals surface area contributed by atoms with Crippen LogP contribution in [0.5, 0.6) is 5.75 Å². The summed E-state index contributed by atoms with van der Waals surface area (Å²) in [6.45, 7) is 3.03. The van der Waals surface area contributed by atoms with Gasteiger partial charge in [0.2, 0.25) is 0 Å². The molecule has 0 spiro atoms. The molecule has 0 aliphatic heterocycles. The van der Waals surface area contributed by atoms with Gasteiger partial charge >= 0.3 is 0 Å². The van der Waals surface area contributed by atoms with Crippen LogP contribution in [0, 0.1) is 5.82 Å². The highest BCUT2D eigenvalue weighted by atomic mass is 19.1. The van der Waals surface area contributed by atoms with Crippen molar-refractivity contribution in [1.82, 2.24) is 5.32 Å². The number of halogens is 1. The molecule has 0 aliphatic rings. The molecule has 0 amide bonds. The monoisotopic (exact) mass is 237 g/mol. The molecule has 1 aromatic rings. The number of ether oxygens (including phenoxy) is 1. The summed E-state index contributed by atoms with van der Waals surface area (Å²) in [4.78, 5) is 0. The van der Waals surface area contributed by atoms with Gasteiger partial charge in [-0.1, -0.05) is 17.7 Å². The van der Waals surface area contributed by atoms with Gasteiger partial charge in [-0.25, -0.2) is 4.39 Å². The molecule has 94 valence electrons. The second kappa shape index (κ2) is 7.07. The van der Waals surface area contributed by atoms with Gasteiger partial charge in [-0.15, -0.1) is 0 Å². The third kappa shape index (κ3) is 4.57. The second-order valence-electron chi connectivity index (χ2n) is 4.09. The van der Waals surface area contributed by atoms with Crippen LogP contribution in [0.15, 0.2) is 29.8 Å². The fraction of sp³-hybridized carbons (Fsp3) is 0.429. The summed E-state index contributed by atoms with van der Waals surface area (Å²) in [6, 6.07) is 5.11. The predicted octanol–water partition coefficient (Wildman–Crippen LogP) is 2.93. The highest BCUT2D eigenvalue weighted by Crippen LogP contribution is 2.19. The fourth-order valence-corrected chi connectivity index (χ4v) is 1.68. The number of benzene rings is 1. The Morgan fingerprint density at radius 1 is 1.47 bits per heavy atom. The molecule has 1 N–H and O–H groups in total. The van der Waals surface area contributed by atoms with Crippen LogP contribution < -0.4 is 10.1 Å². The molecule has 0 aliphatic carbocycles. The third-order valence-electron chi connectivity index (χ3n) is 2.59. The summed E-state index contributed by atoms with van der Waals surface area (Å²) in [7, 11) is 3.41. The molecule has 0 bridgehead atoms. The molecule has 0 saturated carbocycles. The molecule has 0 heterocycles. The van der Waals surface area contributed by atoms with Crippen molar-refractivity contribution in [3.8, 4) is 5.75 Å². The van der Waals surface area contributed by atoms with Gasteiger partial charge in [0.25, 0.3) is 0 Å². The molecule has 2 nitrogen and oxygen atoms in total. The summed E-state index contributed by atoms with van der Waals surface area (Å²) in [5.74, 6) is -0.00131. The van der Waals surface area contributed by atoms with Gasteiger partial charge in [0.05, 0.1) is 7.11 Å². The lowest BCUT2D eigenvalue weighted by atomic mass is 10.1. The lowest BCUT2D eigenvalue weighted by Crippen LogP contribution is -2.06. The minimum atomic E-state index is -0.298. The average molecular weight is 237 g/mol. The van der Waals surface area contributed by atoms with Crippen molar-refractivity contribution in [2.24, 2.45) is 0 Å². The SMILES string of the molecule is CNCCC=C(C)Cc1ccc(OC)c(F)c1. The Hall–Kier alpha value is -1.35. The number of allylic oxidation sites excluding steroid dienone is 1. The van der Waals surface area contributed by atoms with E-state index in [0.29, 0.717) is 5.75 Å². The molecular formula is C14H20FNO. The van der Waals surface area contributed by atoms with Crippen molar-refractivity contribution in [1.29, 1.82) is 0 Å². The number of methoxy groups -OCH3 is 1. The van der Waals surface area contributed by atoms with E-state index in [4.69, 9.17) is 4.74 Å². The fourth-order valence-electron chi connectivity index (χ4n) is 1.68. The van der Waals surface area contributed by atoms with Crippen LogP contribution in [-0.2, 0) is 6.42 Å². The van der Waals surface area contributed by atoms with E-state index < -0.39 is 0 Å². The zero-order valence-corrected chi connectivity index (χ0v) is 10.7. The number of nitrogens with one attached hydrogen (secondary N) is 1. The maximum Gasteiger partial charge on any atom is 0.165 e. The molecule has 1 rings (SSSR count). The zero-order chi connectivity index (χ0) is 12.7. The van der Waals surface area contributed by atoms with Crippen molar-refractivity contribution >= 4 is 0 Å². The molecule has 0 aromatic heterocycles. The molecular weight excluding hydrogens is 217 g/mol. The third-order valence-corrected chi connectivity index (χ3v) is 2.59. The molecule has 3 heteroatoms. The maximum absolute atomic E-state index is 13.5. The standard InChI is InChI=1S/C14H20FNO/c1-11(5-4-8-16-2)9-12-6-7-14(17-3)13(15)10-12/h5-7,10,16H,4,8-9H2,1-3H3. The lowest BCUT2D eigenvalue weighted by molar-refractivity contribution is 0.386. The summed E-state index contributed by atoms with van der Waals surface area (Å²) in [6.07, 6.45) is 3.96. The molecule has 0 fully saturated rings.